The fourth-order valence-electron chi connectivity index (χ4n) is 1.99. The third kappa shape index (κ3) is 3.46. The zero-order valence-electron chi connectivity index (χ0n) is 10.6. The zero-order chi connectivity index (χ0) is 12.3. The second-order valence-corrected chi connectivity index (χ2v) is 6.02. The molecule has 0 radical (unpaired) electrons. The monoisotopic (exact) mass is 249 g/mol. The molecule has 2 heterocycles. The van der Waals surface area contributed by atoms with Crippen LogP contribution in [0.4, 0.5) is 0 Å². The quantitative estimate of drug-likeness (QED) is 0.875. The smallest absolute Gasteiger partial charge is 0.157 e. The van der Waals surface area contributed by atoms with Crippen LogP contribution in [0.1, 0.15) is 38.8 Å². The molecule has 92 valence electrons. The van der Waals surface area contributed by atoms with E-state index in [-0.39, 0.29) is 6.04 Å². The highest BCUT2D eigenvalue weighted by molar-refractivity contribution is 8.14. The van der Waals surface area contributed by atoms with E-state index < -0.39 is 0 Å². The Morgan fingerprint density at radius 1 is 1.35 bits per heavy atom. The number of nitrogens with one attached hydrogen (secondary N) is 1. The molecule has 1 aliphatic heterocycles. The van der Waals surface area contributed by atoms with E-state index in [0.717, 1.165) is 5.17 Å². The summed E-state index contributed by atoms with van der Waals surface area (Å²) in [7, 11) is 0. The van der Waals surface area contributed by atoms with E-state index in [2.05, 4.69) is 36.1 Å². The number of aliphatic imine (C=N–C) groups is 1. The van der Waals surface area contributed by atoms with E-state index in [0.29, 0.717) is 11.3 Å². The summed E-state index contributed by atoms with van der Waals surface area (Å²) >= 11 is 1.84. The van der Waals surface area contributed by atoms with Gasteiger partial charge in [-0.15, -0.1) is 0 Å². The lowest BCUT2D eigenvalue weighted by Crippen LogP contribution is -2.30. The molecule has 3 atom stereocenters. The summed E-state index contributed by atoms with van der Waals surface area (Å²) in [5, 5.41) is 5.20. The average Bonchev–Trinajstić information content (AvgIpc) is 2.28. The summed E-state index contributed by atoms with van der Waals surface area (Å²) in [6, 6.07) is 4.79. The zero-order valence-corrected chi connectivity index (χ0v) is 11.4. The van der Waals surface area contributed by atoms with Gasteiger partial charge in [0.1, 0.15) is 0 Å². The van der Waals surface area contributed by atoms with Gasteiger partial charge in [-0.05, 0) is 38.0 Å². The molecule has 17 heavy (non-hydrogen) atoms. The minimum atomic E-state index is 0.279. The maximum absolute atomic E-state index is 4.65. The molecule has 0 amide bonds. The SMILES string of the molecule is CC1CC(C)SC(NC(C)c2ccncc2)=N1. The van der Waals surface area contributed by atoms with Crippen LogP contribution in [0.2, 0.25) is 0 Å². The molecule has 0 fully saturated rings. The molecule has 3 nitrogen and oxygen atoms in total. The number of hydrogen-bond donors (Lipinski definition) is 1. The van der Waals surface area contributed by atoms with Gasteiger partial charge in [0.05, 0.1) is 12.1 Å². The third-order valence-corrected chi connectivity index (χ3v) is 3.91. The first-order chi connectivity index (χ1) is 8.15. The van der Waals surface area contributed by atoms with Crippen LogP contribution < -0.4 is 5.32 Å². The van der Waals surface area contributed by atoms with Crippen molar-refractivity contribution in [3.05, 3.63) is 30.1 Å². The van der Waals surface area contributed by atoms with Gasteiger partial charge in [-0.25, -0.2) is 0 Å². The second-order valence-electron chi connectivity index (χ2n) is 4.59. The largest absolute Gasteiger partial charge is 0.358 e. The standard InChI is InChI=1S/C13H19N3S/c1-9-8-10(2)17-13(15-9)16-11(3)12-4-6-14-7-5-12/h4-7,9-11H,8H2,1-3H3,(H,15,16). The summed E-state index contributed by atoms with van der Waals surface area (Å²) in [5.74, 6) is 0. The van der Waals surface area contributed by atoms with Crippen molar-refractivity contribution in [3.63, 3.8) is 0 Å². The molecular weight excluding hydrogens is 230 g/mol. The molecule has 1 aromatic heterocycles. The van der Waals surface area contributed by atoms with Crippen LogP contribution >= 0.6 is 11.8 Å². The molecule has 4 heteroatoms. The Labute approximate surface area is 107 Å². The van der Waals surface area contributed by atoms with Crippen molar-refractivity contribution in [2.24, 2.45) is 4.99 Å². The van der Waals surface area contributed by atoms with Crippen LogP contribution in [-0.4, -0.2) is 21.4 Å². The number of hydrogen-bond acceptors (Lipinski definition) is 4. The highest BCUT2D eigenvalue weighted by Crippen LogP contribution is 2.25. The fraction of sp³-hybridized carbons (Fsp3) is 0.538. The lowest BCUT2D eigenvalue weighted by molar-refractivity contribution is 0.643. The van der Waals surface area contributed by atoms with Gasteiger partial charge < -0.3 is 5.32 Å². The number of thioether (sulfide) groups is 1. The lowest BCUT2D eigenvalue weighted by atomic mass is 10.1. The number of amidine groups is 1. The molecule has 0 saturated heterocycles. The summed E-state index contributed by atoms with van der Waals surface area (Å²) in [6.07, 6.45) is 4.82. The first kappa shape index (κ1) is 12.4. The maximum atomic E-state index is 4.65. The molecule has 0 saturated carbocycles. The predicted molar refractivity (Wildman–Crippen MR) is 74.4 cm³/mol. The predicted octanol–water partition coefficient (Wildman–Crippen LogP) is 3.00. The van der Waals surface area contributed by atoms with Crippen LogP contribution in [0, 0.1) is 0 Å². The summed E-state index contributed by atoms with van der Waals surface area (Å²) in [4.78, 5) is 8.69. The van der Waals surface area contributed by atoms with E-state index in [9.17, 15) is 0 Å². The van der Waals surface area contributed by atoms with Crippen molar-refractivity contribution in [1.82, 2.24) is 10.3 Å². The van der Waals surface area contributed by atoms with E-state index in [1.54, 1.807) is 0 Å². The second kappa shape index (κ2) is 5.54. The van der Waals surface area contributed by atoms with E-state index >= 15 is 0 Å². The lowest BCUT2D eigenvalue weighted by Gasteiger charge is -2.25. The Kier molecular flexibility index (Phi) is 4.05. The Morgan fingerprint density at radius 3 is 2.71 bits per heavy atom. The van der Waals surface area contributed by atoms with Gasteiger partial charge in [0.25, 0.3) is 0 Å². The van der Waals surface area contributed by atoms with Crippen molar-refractivity contribution in [3.8, 4) is 0 Å². The molecular formula is C13H19N3S. The van der Waals surface area contributed by atoms with Gasteiger partial charge in [-0.2, -0.15) is 0 Å². The van der Waals surface area contributed by atoms with Crippen molar-refractivity contribution >= 4 is 16.9 Å². The van der Waals surface area contributed by atoms with Crippen molar-refractivity contribution < 1.29 is 0 Å². The van der Waals surface area contributed by atoms with Crippen molar-refractivity contribution in [2.45, 2.75) is 44.5 Å². The van der Waals surface area contributed by atoms with Crippen LogP contribution in [-0.2, 0) is 0 Å². The molecule has 0 aromatic carbocycles. The van der Waals surface area contributed by atoms with Crippen LogP contribution in [0.15, 0.2) is 29.5 Å². The minimum absolute atomic E-state index is 0.279. The van der Waals surface area contributed by atoms with Gasteiger partial charge in [-0.3, -0.25) is 9.98 Å². The molecule has 0 spiro atoms. The van der Waals surface area contributed by atoms with E-state index in [1.807, 2.05) is 36.3 Å². The molecule has 0 bridgehead atoms. The van der Waals surface area contributed by atoms with Gasteiger partial charge in [0.15, 0.2) is 5.17 Å². The van der Waals surface area contributed by atoms with E-state index in [4.69, 9.17) is 0 Å². The molecule has 2 rings (SSSR count). The van der Waals surface area contributed by atoms with Crippen LogP contribution in [0.3, 0.4) is 0 Å². The molecule has 1 aliphatic rings. The summed E-state index contributed by atoms with van der Waals surface area (Å²) < 4.78 is 0. The maximum Gasteiger partial charge on any atom is 0.157 e. The topological polar surface area (TPSA) is 37.3 Å². The normalized spacial score (nSPS) is 26.2. The number of aromatic nitrogens is 1. The molecule has 1 N–H and O–H groups in total. The third-order valence-electron chi connectivity index (χ3n) is 2.87. The summed E-state index contributed by atoms with van der Waals surface area (Å²) in [6.45, 7) is 6.59. The van der Waals surface area contributed by atoms with Gasteiger partial charge in [-0.1, -0.05) is 18.7 Å². The van der Waals surface area contributed by atoms with Gasteiger partial charge in [0, 0.05) is 17.6 Å². The van der Waals surface area contributed by atoms with Crippen molar-refractivity contribution in [2.75, 3.05) is 0 Å². The first-order valence-electron chi connectivity index (χ1n) is 6.06. The fourth-order valence-corrected chi connectivity index (χ4v) is 3.24. The van der Waals surface area contributed by atoms with Crippen LogP contribution in [0.5, 0.6) is 0 Å². The molecule has 3 unspecified atom stereocenters. The Morgan fingerprint density at radius 2 is 2.06 bits per heavy atom. The molecule has 0 aliphatic carbocycles. The highest BCUT2D eigenvalue weighted by Gasteiger charge is 2.19. The van der Waals surface area contributed by atoms with Crippen molar-refractivity contribution in [1.29, 1.82) is 0 Å². The Hall–Kier alpha value is -1.03. The Balaban J connectivity index is 2.02. The average molecular weight is 249 g/mol. The summed E-state index contributed by atoms with van der Waals surface area (Å²) in [5.41, 5.74) is 1.24. The van der Waals surface area contributed by atoms with Crippen LogP contribution in [0.25, 0.3) is 0 Å². The number of rotatable bonds is 2. The Bertz CT molecular complexity index is 391. The highest BCUT2D eigenvalue weighted by atomic mass is 32.2. The van der Waals surface area contributed by atoms with Gasteiger partial charge in [0.2, 0.25) is 0 Å². The minimum Gasteiger partial charge on any atom is -0.358 e. The van der Waals surface area contributed by atoms with Gasteiger partial charge >= 0.3 is 0 Å². The first-order valence-corrected chi connectivity index (χ1v) is 6.94. The number of nitrogens with zero attached hydrogens (tertiary/aromatic N) is 2. The molecule has 1 aromatic rings. The number of pyridine rings is 1. The van der Waals surface area contributed by atoms with E-state index in [1.165, 1.54) is 12.0 Å².